The molecule has 0 spiro atoms. The summed E-state index contributed by atoms with van der Waals surface area (Å²) in [6, 6.07) is 26.9. The molecule has 3 aromatic carbocycles. The van der Waals surface area contributed by atoms with Crippen LogP contribution in [0.5, 0.6) is 0 Å². The number of hydrogen-bond donors (Lipinski definition) is 3. The number of carbonyl (C=O) groups is 3. The van der Waals surface area contributed by atoms with Crippen molar-refractivity contribution in [2.75, 3.05) is 31.1 Å². The molecule has 0 saturated heterocycles. The molecule has 0 radical (unpaired) electrons. The lowest BCUT2D eigenvalue weighted by molar-refractivity contribution is -0.143. The van der Waals surface area contributed by atoms with E-state index >= 15 is 0 Å². The monoisotopic (exact) mass is 523 g/mol. The van der Waals surface area contributed by atoms with Crippen LogP contribution in [0.4, 0.5) is 5.69 Å². The van der Waals surface area contributed by atoms with E-state index in [-0.39, 0.29) is 38.1 Å². The lowest BCUT2D eigenvalue weighted by Gasteiger charge is -2.26. The normalized spacial score (nSPS) is 14.6. The number of rotatable bonds is 8. The molecule has 0 aliphatic carbocycles. The molecular formula is C30H29N5O4. The van der Waals surface area contributed by atoms with Gasteiger partial charge < -0.3 is 25.3 Å². The third kappa shape index (κ3) is 5.98. The molecule has 0 saturated carbocycles. The van der Waals surface area contributed by atoms with Crippen LogP contribution in [0.1, 0.15) is 28.5 Å². The average Bonchev–Trinajstić information content (AvgIpc) is 3.33. The van der Waals surface area contributed by atoms with Crippen molar-refractivity contribution in [2.24, 2.45) is 4.99 Å². The minimum Gasteiger partial charge on any atom is -0.465 e. The van der Waals surface area contributed by atoms with E-state index in [9.17, 15) is 14.4 Å². The van der Waals surface area contributed by atoms with E-state index in [2.05, 4.69) is 15.6 Å². The Bertz CT molecular complexity index is 1500. The van der Waals surface area contributed by atoms with Crippen LogP contribution >= 0.6 is 0 Å². The van der Waals surface area contributed by atoms with Gasteiger partial charge in [0, 0.05) is 27.7 Å². The summed E-state index contributed by atoms with van der Waals surface area (Å²) in [7, 11) is 0. The number of anilines is 1. The molecule has 1 aromatic heterocycles. The zero-order chi connectivity index (χ0) is 27.2. The predicted octanol–water partition coefficient (Wildman–Crippen LogP) is 3.26. The minimum absolute atomic E-state index is 0.0350. The summed E-state index contributed by atoms with van der Waals surface area (Å²) in [5, 5.41) is 6.59. The Hall–Kier alpha value is -4.92. The zero-order valence-electron chi connectivity index (χ0n) is 21.5. The highest BCUT2D eigenvalue weighted by Gasteiger charge is 2.27. The quantitative estimate of drug-likeness (QED) is 0.307. The molecule has 1 aliphatic heterocycles. The molecule has 5 rings (SSSR count). The molecule has 1 aliphatic rings. The summed E-state index contributed by atoms with van der Waals surface area (Å²) < 4.78 is 4.91. The van der Waals surface area contributed by atoms with E-state index in [1.807, 2.05) is 83.8 Å². The van der Waals surface area contributed by atoms with Crippen LogP contribution in [0.15, 0.2) is 89.9 Å². The number of hydrogen-bond acceptors (Lipinski definition) is 6. The van der Waals surface area contributed by atoms with E-state index in [0.717, 1.165) is 27.7 Å². The summed E-state index contributed by atoms with van der Waals surface area (Å²) in [5.74, 6) is -1.15. The van der Waals surface area contributed by atoms with E-state index in [1.165, 1.54) is 0 Å². The van der Waals surface area contributed by atoms with Gasteiger partial charge in [-0.25, -0.2) is 0 Å². The Labute approximate surface area is 225 Å². The highest BCUT2D eigenvalue weighted by Crippen LogP contribution is 2.27. The fourth-order valence-electron chi connectivity index (χ4n) is 4.61. The van der Waals surface area contributed by atoms with E-state index in [0.29, 0.717) is 11.4 Å². The van der Waals surface area contributed by atoms with Crippen molar-refractivity contribution >= 4 is 40.1 Å². The molecule has 2 heterocycles. The molecule has 0 fully saturated rings. The third-order valence-electron chi connectivity index (χ3n) is 6.37. The highest BCUT2D eigenvalue weighted by atomic mass is 16.5. The van der Waals surface area contributed by atoms with Gasteiger partial charge in [-0.3, -0.25) is 19.4 Å². The van der Waals surface area contributed by atoms with Gasteiger partial charge in [0.1, 0.15) is 18.4 Å². The van der Waals surface area contributed by atoms with Gasteiger partial charge in [-0.05, 0) is 25.1 Å². The second-order valence-corrected chi connectivity index (χ2v) is 9.08. The first kappa shape index (κ1) is 25.7. The number of para-hydroxylation sites is 2. The Balaban J connectivity index is 1.45. The van der Waals surface area contributed by atoms with Crippen LogP contribution in [-0.4, -0.2) is 60.9 Å². The van der Waals surface area contributed by atoms with E-state index in [1.54, 1.807) is 13.0 Å². The molecule has 1 unspecified atom stereocenters. The van der Waals surface area contributed by atoms with Gasteiger partial charge in [0.2, 0.25) is 5.91 Å². The fourth-order valence-corrected chi connectivity index (χ4v) is 4.61. The molecular weight excluding hydrogens is 494 g/mol. The van der Waals surface area contributed by atoms with Gasteiger partial charge in [0.05, 0.1) is 25.4 Å². The van der Waals surface area contributed by atoms with Crippen molar-refractivity contribution in [3.63, 3.8) is 0 Å². The molecule has 198 valence electrons. The predicted molar refractivity (Wildman–Crippen MR) is 150 cm³/mol. The number of amides is 2. The first-order valence-corrected chi connectivity index (χ1v) is 12.8. The average molecular weight is 524 g/mol. The number of esters is 1. The van der Waals surface area contributed by atoms with Crippen molar-refractivity contribution in [1.82, 2.24) is 15.6 Å². The van der Waals surface area contributed by atoms with Crippen LogP contribution in [-0.2, 0) is 14.3 Å². The lowest BCUT2D eigenvalue weighted by Crippen LogP contribution is -2.46. The first-order valence-electron chi connectivity index (χ1n) is 12.8. The van der Waals surface area contributed by atoms with E-state index < -0.39 is 12.1 Å². The Morgan fingerprint density at radius 2 is 1.74 bits per heavy atom. The standard InChI is InChI=1S/C30H29N5O4/c1-2-39-28(37)17-31-27(36)19-35-18-26(34-30(38)24-16-21-12-6-8-14-23(21)32-24)33-29(20-10-4-3-5-11-20)22-13-7-9-15-25(22)35/h3-16,26,32H,2,17-19H2,1H3,(H,31,36)(H,34,38). The summed E-state index contributed by atoms with van der Waals surface area (Å²) in [6.45, 7) is 1.95. The lowest BCUT2D eigenvalue weighted by atomic mass is 10.0. The molecule has 4 aromatic rings. The van der Waals surface area contributed by atoms with Crippen molar-refractivity contribution in [1.29, 1.82) is 0 Å². The summed E-state index contributed by atoms with van der Waals surface area (Å²) >= 11 is 0. The second-order valence-electron chi connectivity index (χ2n) is 9.08. The number of aromatic nitrogens is 1. The van der Waals surface area contributed by atoms with Crippen molar-refractivity contribution in [3.8, 4) is 0 Å². The molecule has 9 nitrogen and oxygen atoms in total. The number of carbonyl (C=O) groups excluding carboxylic acids is 3. The SMILES string of the molecule is CCOC(=O)CNC(=O)CN1CC(NC(=O)c2cc3ccccc3[nH]2)N=C(c2ccccc2)c2ccccc21. The molecule has 9 heteroatoms. The van der Waals surface area contributed by atoms with Crippen LogP contribution in [0.2, 0.25) is 0 Å². The Kier molecular flexibility index (Phi) is 7.68. The van der Waals surface area contributed by atoms with Gasteiger partial charge in [-0.2, -0.15) is 0 Å². The maximum atomic E-state index is 13.3. The summed E-state index contributed by atoms with van der Waals surface area (Å²) in [5.41, 5.74) is 4.53. The Morgan fingerprint density at radius 3 is 2.54 bits per heavy atom. The van der Waals surface area contributed by atoms with Crippen molar-refractivity contribution < 1.29 is 19.1 Å². The first-order chi connectivity index (χ1) is 19.0. The van der Waals surface area contributed by atoms with Gasteiger partial charge >= 0.3 is 5.97 Å². The van der Waals surface area contributed by atoms with Crippen LogP contribution < -0.4 is 15.5 Å². The number of ether oxygens (including phenoxy) is 1. The summed E-state index contributed by atoms with van der Waals surface area (Å²) in [6.07, 6.45) is -0.663. The topological polar surface area (TPSA) is 116 Å². The van der Waals surface area contributed by atoms with Gasteiger partial charge in [0.25, 0.3) is 5.91 Å². The largest absolute Gasteiger partial charge is 0.465 e. The number of nitrogens with zero attached hydrogens (tertiary/aromatic N) is 2. The molecule has 3 N–H and O–H groups in total. The van der Waals surface area contributed by atoms with Gasteiger partial charge in [0.15, 0.2) is 0 Å². The molecule has 2 amide bonds. The third-order valence-corrected chi connectivity index (χ3v) is 6.37. The van der Waals surface area contributed by atoms with Crippen molar-refractivity contribution in [2.45, 2.75) is 13.1 Å². The number of nitrogens with one attached hydrogen (secondary N) is 3. The molecule has 1 atom stereocenters. The van der Waals surface area contributed by atoms with Gasteiger partial charge in [-0.1, -0.05) is 66.7 Å². The summed E-state index contributed by atoms with van der Waals surface area (Å²) in [4.78, 5) is 47.9. The van der Waals surface area contributed by atoms with Gasteiger partial charge in [-0.15, -0.1) is 0 Å². The molecule has 39 heavy (non-hydrogen) atoms. The van der Waals surface area contributed by atoms with Crippen molar-refractivity contribution in [3.05, 3.63) is 102 Å². The molecule has 0 bridgehead atoms. The maximum Gasteiger partial charge on any atom is 0.325 e. The number of aliphatic imine (C=N–C) groups is 1. The van der Waals surface area contributed by atoms with E-state index in [4.69, 9.17) is 9.73 Å². The number of benzodiazepines with no additional fused rings is 1. The number of benzene rings is 3. The second kappa shape index (κ2) is 11.6. The smallest absolute Gasteiger partial charge is 0.325 e. The highest BCUT2D eigenvalue weighted by molar-refractivity contribution is 6.16. The maximum absolute atomic E-state index is 13.3. The van der Waals surface area contributed by atoms with Crippen LogP contribution in [0.25, 0.3) is 10.9 Å². The number of aromatic amines is 1. The fraction of sp³-hybridized carbons (Fsp3) is 0.200. The van der Waals surface area contributed by atoms with Crippen LogP contribution in [0, 0.1) is 0 Å². The van der Waals surface area contributed by atoms with Crippen LogP contribution in [0.3, 0.4) is 0 Å². The number of H-pyrrole nitrogens is 1. The Morgan fingerprint density at radius 1 is 1.00 bits per heavy atom. The zero-order valence-corrected chi connectivity index (χ0v) is 21.5. The minimum atomic E-state index is -0.663. The number of fused-ring (bicyclic) bond motifs is 2.